The van der Waals surface area contributed by atoms with Crippen LogP contribution in [0.3, 0.4) is 0 Å². The van der Waals surface area contributed by atoms with E-state index < -0.39 is 0 Å². The third-order valence-corrected chi connectivity index (χ3v) is 3.88. The van der Waals surface area contributed by atoms with Gasteiger partial charge in [0.1, 0.15) is 5.75 Å². The fourth-order valence-electron chi connectivity index (χ4n) is 2.61. The van der Waals surface area contributed by atoms with Crippen molar-refractivity contribution in [3.8, 4) is 5.75 Å². The second-order valence-corrected chi connectivity index (χ2v) is 6.53. The molecular formula is C21H25NO3. The van der Waals surface area contributed by atoms with Gasteiger partial charge in [0.25, 0.3) is 5.91 Å². The summed E-state index contributed by atoms with van der Waals surface area (Å²) in [5.41, 5.74) is 1.72. The molecule has 0 radical (unpaired) electrons. The smallest absolute Gasteiger partial charge is 0.258 e. The van der Waals surface area contributed by atoms with Gasteiger partial charge in [-0.05, 0) is 49.1 Å². The Morgan fingerprint density at radius 1 is 1.00 bits per heavy atom. The number of ketones is 1. The van der Waals surface area contributed by atoms with Crippen molar-refractivity contribution >= 4 is 11.7 Å². The van der Waals surface area contributed by atoms with Crippen molar-refractivity contribution in [3.05, 3.63) is 65.7 Å². The molecule has 2 rings (SSSR count). The number of carbonyl (C=O) groups is 2. The Labute approximate surface area is 149 Å². The lowest BCUT2D eigenvalue weighted by molar-refractivity contribution is -0.124. The number of amides is 1. The molecular weight excluding hydrogens is 314 g/mol. The molecule has 4 nitrogen and oxygen atoms in total. The van der Waals surface area contributed by atoms with Crippen LogP contribution in [0.25, 0.3) is 0 Å². The molecule has 0 fully saturated rings. The quantitative estimate of drug-likeness (QED) is 0.734. The number of benzene rings is 2. The Morgan fingerprint density at radius 3 is 2.20 bits per heavy atom. The molecule has 2 aromatic carbocycles. The minimum atomic E-state index is -0.162. The molecule has 0 spiro atoms. The summed E-state index contributed by atoms with van der Waals surface area (Å²) < 4.78 is 5.52. The maximum Gasteiger partial charge on any atom is 0.258 e. The molecule has 0 aliphatic heterocycles. The first-order valence-electron chi connectivity index (χ1n) is 8.54. The Kier molecular flexibility index (Phi) is 6.75. The third kappa shape index (κ3) is 6.07. The zero-order chi connectivity index (χ0) is 18.2. The van der Waals surface area contributed by atoms with E-state index in [-0.39, 0.29) is 24.3 Å². The first kappa shape index (κ1) is 18.7. The Hall–Kier alpha value is -2.62. The highest BCUT2D eigenvalue weighted by Crippen LogP contribution is 2.21. The molecule has 1 unspecified atom stereocenters. The van der Waals surface area contributed by atoms with Gasteiger partial charge in [0, 0.05) is 5.56 Å². The van der Waals surface area contributed by atoms with Gasteiger partial charge in [0.05, 0.1) is 6.04 Å². The van der Waals surface area contributed by atoms with Crippen LogP contribution >= 0.6 is 0 Å². The topological polar surface area (TPSA) is 55.4 Å². The van der Waals surface area contributed by atoms with E-state index in [9.17, 15) is 9.59 Å². The van der Waals surface area contributed by atoms with E-state index in [0.717, 1.165) is 12.0 Å². The van der Waals surface area contributed by atoms with Crippen molar-refractivity contribution in [1.29, 1.82) is 0 Å². The molecule has 0 aromatic heterocycles. The highest BCUT2D eigenvalue weighted by Gasteiger charge is 2.16. The molecule has 0 heterocycles. The fraction of sp³-hybridized carbons (Fsp3) is 0.333. The van der Waals surface area contributed by atoms with E-state index >= 15 is 0 Å². The van der Waals surface area contributed by atoms with Crippen LogP contribution in [0.4, 0.5) is 0 Å². The van der Waals surface area contributed by atoms with Crippen LogP contribution in [0.15, 0.2) is 54.6 Å². The maximum absolute atomic E-state index is 12.3. The molecule has 25 heavy (non-hydrogen) atoms. The van der Waals surface area contributed by atoms with Crippen molar-refractivity contribution in [1.82, 2.24) is 5.32 Å². The van der Waals surface area contributed by atoms with Crippen molar-refractivity contribution < 1.29 is 14.3 Å². The lowest BCUT2D eigenvalue weighted by atomic mass is 9.97. The molecule has 4 heteroatoms. The Balaban J connectivity index is 1.93. The summed E-state index contributed by atoms with van der Waals surface area (Å²) in [6.07, 6.45) is 0.864. The number of Topliss-reactive ketones (excluding diaryl/α,β-unsaturated/α-hetero) is 1. The van der Waals surface area contributed by atoms with Crippen LogP contribution in [0.5, 0.6) is 5.75 Å². The number of carbonyl (C=O) groups excluding carboxylic acids is 2. The highest BCUT2D eigenvalue weighted by atomic mass is 16.5. The van der Waals surface area contributed by atoms with Gasteiger partial charge in [-0.15, -0.1) is 0 Å². The van der Waals surface area contributed by atoms with Crippen molar-refractivity contribution in [2.75, 3.05) is 6.61 Å². The van der Waals surface area contributed by atoms with Gasteiger partial charge in [-0.1, -0.05) is 44.2 Å². The molecule has 0 aliphatic rings. The second-order valence-electron chi connectivity index (χ2n) is 6.53. The fourth-order valence-corrected chi connectivity index (χ4v) is 2.61. The maximum atomic E-state index is 12.3. The molecule has 1 N–H and O–H groups in total. The average molecular weight is 339 g/mol. The summed E-state index contributed by atoms with van der Waals surface area (Å²) in [5.74, 6) is 0.875. The largest absolute Gasteiger partial charge is 0.484 e. The SMILES string of the molecule is CC(=O)c1ccc(OCC(=O)NC(CC(C)C)c2ccccc2)cc1. The van der Waals surface area contributed by atoms with Crippen molar-refractivity contribution in [3.63, 3.8) is 0 Å². The lowest BCUT2D eigenvalue weighted by Gasteiger charge is -2.21. The number of rotatable bonds is 8. The first-order valence-corrected chi connectivity index (χ1v) is 8.54. The van der Waals surface area contributed by atoms with E-state index in [0.29, 0.717) is 17.2 Å². The van der Waals surface area contributed by atoms with Crippen LogP contribution in [0.2, 0.25) is 0 Å². The lowest BCUT2D eigenvalue weighted by Crippen LogP contribution is -2.33. The van der Waals surface area contributed by atoms with Gasteiger partial charge in [-0.25, -0.2) is 0 Å². The van der Waals surface area contributed by atoms with Crippen LogP contribution in [-0.4, -0.2) is 18.3 Å². The predicted molar refractivity (Wildman–Crippen MR) is 98.7 cm³/mol. The molecule has 0 aliphatic carbocycles. The Morgan fingerprint density at radius 2 is 1.64 bits per heavy atom. The van der Waals surface area contributed by atoms with E-state index in [1.807, 2.05) is 30.3 Å². The number of ether oxygens (including phenoxy) is 1. The summed E-state index contributed by atoms with van der Waals surface area (Å²) in [4.78, 5) is 23.5. The van der Waals surface area contributed by atoms with Crippen LogP contribution < -0.4 is 10.1 Å². The molecule has 0 saturated heterocycles. The first-order chi connectivity index (χ1) is 12.0. The zero-order valence-electron chi connectivity index (χ0n) is 15.0. The van der Waals surface area contributed by atoms with E-state index in [4.69, 9.17) is 4.74 Å². The summed E-state index contributed by atoms with van der Waals surface area (Å²) in [6, 6.07) is 16.7. The van der Waals surface area contributed by atoms with E-state index in [1.54, 1.807) is 24.3 Å². The molecule has 0 saturated carbocycles. The van der Waals surface area contributed by atoms with Crippen molar-refractivity contribution in [2.45, 2.75) is 33.2 Å². The highest BCUT2D eigenvalue weighted by molar-refractivity contribution is 5.94. The second kappa shape index (κ2) is 9.02. The summed E-state index contributed by atoms with van der Waals surface area (Å²) in [6.45, 7) is 5.73. The monoisotopic (exact) mass is 339 g/mol. The van der Waals surface area contributed by atoms with Crippen LogP contribution in [0.1, 0.15) is 49.2 Å². The van der Waals surface area contributed by atoms with Crippen LogP contribution in [0, 0.1) is 5.92 Å². The van der Waals surface area contributed by atoms with Gasteiger partial charge >= 0.3 is 0 Å². The Bertz CT molecular complexity index is 693. The summed E-state index contributed by atoms with van der Waals surface area (Å²) in [5, 5.41) is 3.05. The number of hydrogen-bond acceptors (Lipinski definition) is 3. The number of hydrogen-bond donors (Lipinski definition) is 1. The summed E-state index contributed by atoms with van der Waals surface area (Å²) >= 11 is 0. The van der Waals surface area contributed by atoms with Gasteiger partial charge < -0.3 is 10.1 Å². The van der Waals surface area contributed by atoms with E-state index in [2.05, 4.69) is 19.2 Å². The van der Waals surface area contributed by atoms with Gasteiger partial charge in [-0.3, -0.25) is 9.59 Å². The minimum Gasteiger partial charge on any atom is -0.484 e. The van der Waals surface area contributed by atoms with Crippen LogP contribution in [-0.2, 0) is 4.79 Å². The van der Waals surface area contributed by atoms with Gasteiger partial charge in [0.2, 0.25) is 0 Å². The standard InChI is InChI=1S/C21H25NO3/c1-15(2)13-20(18-7-5-4-6-8-18)22-21(24)14-25-19-11-9-17(10-12-19)16(3)23/h4-12,15,20H,13-14H2,1-3H3,(H,22,24). The minimum absolute atomic E-state index is 0.00341. The molecule has 1 atom stereocenters. The van der Waals surface area contributed by atoms with Crippen molar-refractivity contribution in [2.24, 2.45) is 5.92 Å². The average Bonchev–Trinajstić information content (AvgIpc) is 2.60. The molecule has 2 aromatic rings. The van der Waals surface area contributed by atoms with Gasteiger partial charge in [-0.2, -0.15) is 0 Å². The summed E-state index contributed by atoms with van der Waals surface area (Å²) in [7, 11) is 0. The third-order valence-electron chi connectivity index (χ3n) is 3.88. The number of nitrogens with one attached hydrogen (secondary N) is 1. The normalized spacial score (nSPS) is 11.8. The molecule has 1 amide bonds. The molecule has 132 valence electrons. The predicted octanol–water partition coefficient (Wildman–Crippen LogP) is 4.17. The zero-order valence-corrected chi connectivity index (χ0v) is 15.0. The van der Waals surface area contributed by atoms with Gasteiger partial charge in [0.15, 0.2) is 12.4 Å². The van der Waals surface area contributed by atoms with E-state index in [1.165, 1.54) is 6.92 Å². The molecule has 0 bridgehead atoms.